The van der Waals surface area contributed by atoms with Crippen LogP contribution in [-0.2, 0) is 0 Å². The van der Waals surface area contributed by atoms with Crippen molar-refractivity contribution < 1.29 is 14.8 Å². The number of carbonyl (C=O) groups excluding carboxylic acids is 1. The number of nitro groups is 1. The molecule has 5 heteroatoms. The van der Waals surface area contributed by atoms with Gasteiger partial charge >= 0.3 is 0 Å². The Bertz CT molecular complexity index is 892. The van der Waals surface area contributed by atoms with Gasteiger partial charge in [-0.2, -0.15) is 0 Å². The Morgan fingerprint density at radius 1 is 0.808 bits per heavy atom. The zero-order chi connectivity index (χ0) is 18.5. The van der Waals surface area contributed by atoms with Gasteiger partial charge in [-0.25, -0.2) is 0 Å². The molecule has 26 heavy (non-hydrogen) atoms. The van der Waals surface area contributed by atoms with E-state index >= 15 is 0 Å². The lowest BCUT2D eigenvalue weighted by molar-refractivity contribution is -0.384. The monoisotopic (exact) mass is 347 g/mol. The Balaban J connectivity index is 2.00. The average Bonchev–Trinajstić information content (AvgIpc) is 2.69. The molecule has 0 bridgehead atoms. The van der Waals surface area contributed by atoms with Crippen LogP contribution in [0.3, 0.4) is 0 Å². The molecule has 0 fully saturated rings. The van der Waals surface area contributed by atoms with Crippen LogP contribution in [0.4, 0.5) is 5.69 Å². The molecule has 0 aliphatic rings. The van der Waals surface area contributed by atoms with E-state index in [2.05, 4.69) is 0 Å². The van der Waals surface area contributed by atoms with E-state index in [1.807, 2.05) is 24.3 Å². The molecule has 0 saturated carbocycles. The number of ketones is 1. The van der Waals surface area contributed by atoms with Gasteiger partial charge in [0.05, 0.1) is 16.9 Å². The van der Waals surface area contributed by atoms with Gasteiger partial charge in [0.2, 0.25) is 0 Å². The van der Waals surface area contributed by atoms with Crippen molar-refractivity contribution in [1.29, 1.82) is 0 Å². The van der Waals surface area contributed by atoms with Gasteiger partial charge in [0, 0.05) is 17.7 Å². The SMILES string of the molecule is O=C(c1ccccc1)[C@H](c1ccccc1)[C@@H](O)c1ccc([N+](=O)[O-])cc1. The molecule has 3 aromatic carbocycles. The zero-order valence-electron chi connectivity index (χ0n) is 13.9. The minimum absolute atomic E-state index is 0.0633. The molecule has 0 aromatic heterocycles. The summed E-state index contributed by atoms with van der Waals surface area (Å²) in [6, 6.07) is 23.4. The van der Waals surface area contributed by atoms with Gasteiger partial charge in [0.25, 0.3) is 5.69 Å². The highest BCUT2D eigenvalue weighted by atomic mass is 16.6. The number of hydrogen-bond acceptors (Lipinski definition) is 4. The highest BCUT2D eigenvalue weighted by Gasteiger charge is 2.30. The summed E-state index contributed by atoms with van der Waals surface area (Å²) in [6.07, 6.45) is -1.12. The Hall–Kier alpha value is -3.31. The molecule has 2 atom stereocenters. The van der Waals surface area contributed by atoms with Crippen molar-refractivity contribution in [2.75, 3.05) is 0 Å². The first-order valence-electron chi connectivity index (χ1n) is 8.14. The van der Waals surface area contributed by atoms with Gasteiger partial charge < -0.3 is 5.11 Å². The van der Waals surface area contributed by atoms with E-state index in [-0.39, 0.29) is 11.5 Å². The molecule has 0 unspecified atom stereocenters. The molecule has 5 nitrogen and oxygen atoms in total. The van der Waals surface area contributed by atoms with E-state index in [9.17, 15) is 20.0 Å². The van der Waals surface area contributed by atoms with E-state index in [1.165, 1.54) is 24.3 Å². The quantitative estimate of drug-likeness (QED) is 0.410. The van der Waals surface area contributed by atoms with Gasteiger partial charge in [-0.05, 0) is 23.3 Å². The summed E-state index contributed by atoms with van der Waals surface area (Å²) >= 11 is 0. The second-order valence-corrected chi connectivity index (χ2v) is 5.91. The van der Waals surface area contributed by atoms with Crippen LogP contribution in [0, 0.1) is 10.1 Å². The number of non-ortho nitro benzene ring substituents is 1. The third kappa shape index (κ3) is 3.68. The topological polar surface area (TPSA) is 80.4 Å². The van der Waals surface area contributed by atoms with Crippen molar-refractivity contribution in [1.82, 2.24) is 0 Å². The average molecular weight is 347 g/mol. The molecule has 3 rings (SSSR count). The molecule has 130 valence electrons. The predicted octanol–water partition coefficient (Wildman–Crippen LogP) is 4.29. The summed E-state index contributed by atoms with van der Waals surface area (Å²) in [6.45, 7) is 0. The molecule has 3 aromatic rings. The number of carbonyl (C=O) groups is 1. The van der Waals surface area contributed by atoms with Crippen LogP contribution in [0.5, 0.6) is 0 Å². The number of nitro benzene ring substituents is 1. The third-order valence-corrected chi connectivity index (χ3v) is 4.26. The molecular weight excluding hydrogens is 330 g/mol. The predicted molar refractivity (Wildman–Crippen MR) is 98.0 cm³/mol. The van der Waals surface area contributed by atoms with E-state index in [0.717, 1.165) is 0 Å². The van der Waals surface area contributed by atoms with Crippen molar-refractivity contribution in [3.05, 3.63) is 112 Å². The maximum atomic E-state index is 13.1. The number of Topliss-reactive ketones (excluding diaryl/α,β-unsaturated/α-hetero) is 1. The Labute approximate surface area is 150 Å². The lowest BCUT2D eigenvalue weighted by Gasteiger charge is -2.23. The van der Waals surface area contributed by atoms with Gasteiger partial charge in [-0.15, -0.1) is 0 Å². The van der Waals surface area contributed by atoms with Gasteiger partial charge in [0.1, 0.15) is 0 Å². The van der Waals surface area contributed by atoms with E-state index in [4.69, 9.17) is 0 Å². The molecule has 0 aliphatic heterocycles. The van der Waals surface area contributed by atoms with Crippen LogP contribution in [-0.4, -0.2) is 15.8 Å². The van der Waals surface area contributed by atoms with Gasteiger partial charge in [-0.1, -0.05) is 60.7 Å². The van der Waals surface area contributed by atoms with Crippen LogP contribution in [0.2, 0.25) is 0 Å². The Morgan fingerprint density at radius 3 is 1.88 bits per heavy atom. The van der Waals surface area contributed by atoms with Crippen LogP contribution in [0.15, 0.2) is 84.9 Å². The van der Waals surface area contributed by atoms with Gasteiger partial charge in [-0.3, -0.25) is 14.9 Å². The summed E-state index contributed by atoms with van der Waals surface area (Å²) in [5, 5.41) is 21.7. The standard InChI is InChI=1S/C21H17NO4/c23-20(16-9-5-2-6-10-16)19(15-7-3-1-4-8-15)21(24)17-11-13-18(14-12-17)22(25)26/h1-14,19,21,24H/t19-,21-/m0/s1. The lowest BCUT2D eigenvalue weighted by atomic mass is 9.83. The molecule has 0 heterocycles. The molecule has 0 saturated heterocycles. The third-order valence-electron chi connectivity index (χ3n) is 4.26. The molecule has 0 radical (unpaired) electrons. The number of aliphatic hydroxyl groups is 1. The van der Waals surface area contributed by atoms with E-state index < -0.39 is 16.9 Å². The molecule has 0 spiro atoms. The smallest absolute Gasteiger partial charge is 0.269 e. The van der Waals surface area contributed by atoms with Gasteiger partial charge in [0.15, 0.2) is 5.78 Å². The molecule has 0 aliphatic carbocycles. The maximum absolute atomic E-state index is 13.1. The Morgan fingerprint density at radius 2 is 1.35 bits per heavy atom. The fourth-order valence-electron chi connectivity index (χ4n) is 2.91. The molecule has 0 amide bonds. The first-order valence-corrected chi connectivity index (χ1v) is 8.14. The van der Waals surface area contributed by atoms with Crippen LogP contribution in [0.1, 0.15) is 33.5 Å². The molecule has 1 N–H and O–H groups in total. The van der Waals surface area contributed by atoms with Crippen molar-refractivity contribution in [3.8, 4) is 0 Å². The Kier molecular flexibility index (Phi) is 5.20. The fraction of sp³-hybridized carbons (Fsp3) is 0.0952. The highest BCUT2D eigenvalue weighted by molar-refractivity contribution is 6.01. The minimum atomic E-state index is -1.12. The summed E-state index contributed by atoms with van der Waals surface area (Å²) in [5.41, 5.74) is 1.58. The van der Waals surface area contributed by atoms with Crippen molar-refractivity contribution >= 4 is 11.5 Å². The number of benzene rings is 3. The number of hydrogen-bond donors (Lipinski definition) is 1. The first-order chi connectivity index (χ1) is 12.6. The lowest BCUT2D eigenvalue weighted by Crippen LogP contribution is -2.21. The van der Waals surface area contributed by atoms with Crippen LogP contribution < -0.4 is 0 Å². The number of rotatable bonds is 6. The summed E-state index contributed by atoms with van der Waals surface area (Å²) < 4.78 is 0. The van der Waals surface area contributed by atoms with Crippen molar-refractivity contribution in [2.45, 2.75) is 12.0 Å². The minimum Gasteiger partial charge on any atom is -0.387 e. The maximum Gasteiger partial charge on any atom is 0.269 e. The normalized spacial score (nSPS) is 13.0. The first kappa shape index (κ1) is 17.5. The number of nitrogens with zero attached hydrogens (tertiary/aromatic N) is 1. The van der Waals surface area contributed by atoms with Crippen LogP contribution >= 0.6 is 0 Å². The second kappa shape index (κ2) is 7.72. The van der Waals surface area contributed by atoms with E-state index in [0.29, 0.717) is 16.7 Å². The largest absolute Gasteiger partial charge is 0.387 e. The summed E-state index contributed by atoms with van der Waals surface area (Å²) in [7, 11) is 0. The molecular formula is C21H17NO4. The number of aliphatic hydroxyl groups excluding tert-OH is 1. The summed E-state index contributed by atoms with van der Waals surface area (Å²) in [5.74, 6) is -1.01. The summed E-state index contributed by atoms with van der Waals surface area (Å²) in [4.78, 5) is 23.4. The fourth-order valence-corrected chi connectivity index (χ4v) is 2.91. The van der Waals surface area contributed by atoms with Crippen molar-refractivity contribution in [2.24, 2.45) is 0 Å². The van der Waals surface area contributed by atoms with Crippen LogP contribution in [0.25, 0.3) is 0 Å². The second-order valence-electron chi connectivity index (χ2n) is 5.91. The van der Waals surface area contributed by atoms with Crippen molar-refractivity contribution in [3.63, 3.8) is 0 Å². The highest BCUT2D eigenvalue weighted by Crippen LogP contribution is 2.34. The van der Waals surface area contributed by atoms with E-state index in [1.54, 1.807) is 36.4 Å². The zero-order valence-corrected chi connectivity index (χ0v) is 13.9.